The average molecular weight is 486 g/mol. The summed E-state index contributed by atoms with van der Waals surface area (Å²) in [6, 6.07) is 5.53. The molecule has 0 spiro atoms. The van der Waals surface area contributed by atoms with E-state index in [2.05, 4.69) is 27.2 Å². The SMILES string of the molecule is CCCCNS(=O)(=O)c1ccc2c(c1)c1c3n2C(C(=O)OCC)=C[C@]2(CC)CCCN(CC1)[C@H]32. The van der Waals surface area contributed by atoms with Crippen LogP contribution in [0.4, 0.5) is 0 Å². The number of rotatable bonds is 8. The lowest BCUT2D eigenvalue weighted by Crippen LogP contribution is -2.51. The summed E-state index contributed by atoms with van der Waals surface area (Å²) in [6.07, 6.45) is 7.83. The lowest BCUT2D eigenvalue weighted by atomic mass is 9.66. The number of aromatic nitrogens is 1. The van der Waals surface area contributed by atoms with E-state index in [1.54, 1.807) is 12.1 Å². The van der Waals surface area contributed by atoms with Gasteiger partial charge in [0.05, 0.1) is 23.1 Å². The van der Waals surface area contributed by atoms with E-state index in [-0.39, 0.29) is 22.3 Å². The molecule has 3 aliphatic heterocycles. The van der Waals surface area contributed by atoms with Crippen molar-refractivity contribution in [2.24, 2.45) is 5.41 Å². The van der Waals surface area contributed by atoms with E-state index in [1.807, 2.05) is 19.9 Å². The normalized spacial score (nSPS) is 24.1. The van der Waals surface area contributed by atoms with Gasteiger partial charge in [0, 0.05) is 29.6 Å². The van der Waals surface area contributed by atoms with Gasteiger partial charge in [-0.15, -0.1) is 0 Å². The molecule has 0 amide bonds. The molecule has 2 aromatic rings. The van der Waals surface area contributed by atoms with Crippen LogP contribution < -0.4 is 4.72 Å². The third-order valence-electron chi connectivity index (χ3n) is 7.93. The van der Waals surface area contributed by atoms with Gasteiger partial charge in [0.1, 0.15) is 5.70 Å². The van der Waals surface area contributed by atoms with Gasteiger partial charge in [0.15, 0.2) is 0 Å². The third kappa shape index (κ3) is 3.53. The number of sulfonamides is 1. The van der Waals surface area contributed by atoms with Crippen LogP contribution in [-0.4, -0.2) is 50.1 Å². The molecule has 1 N–H and O–H groups in total. The van der Waals surface area contributed by atoms with E-state index in [9.17, 15) is 13.2 Å². The van der Waals surface area contributed by atoms with Crippen LogP contribution in [0.1, 0.15) is 70.2 Å². The number of hydrogen-bond donors (Lipinski definition) is 1. The van der Waals surface area contributed by atoms with Crippen LogP contribution in [0.25, 0.3) is 16.6 Å². The molecule has 34 heavy (non-hydrogen) atoms. The van der Waals surface area contributed by atoms with Gasteiger partial charge in [-0.05, 0) is 75.4 Å². The average Bonchev–Trinajstić information content (AvgIpc) is 3.17. The maximum atomic E-state index is 13.2. The largest absolute Gasteiger partial charge is 0.461 e. The Balaban J connectivity index is 1.72. The van der Waals surface area contributed by atoms with Gasteiger partial charge in [-0.3, -0.25) is 4.90 Å². The van der Waals surface area contributed by atoms with Crippen molar-refractivity contribution in [1.29, 1.82) is 0 Å². The molecule has 1 fully saturated rings. The second kappa shape index (κ2) is 8.81. The summed E-state index contributed by atoms with van der Waals surface area (Å²) < 4.78 is 36.2. The Bertz CT molecular complexity index is 1260. The fraction of sp³-hybridized carbons (Fsp3) is 0.577. The van der Waals surface area contributed by atoms with E-state index in [0.717, 1.165) is 68.2 Å². The van der Waals surface area contributed by atoms with Gasteiger partial charge in [-0.1, -0.05) is 20.3 Å². The number of ether oxygens (including phenoxy) is 1. The van der Waals surface area contributed by atoms with Crippen molar-refractivity contribution in [2.75, 3.05) is 26.2 Å². The predicted molar refractivity (Wildman–Crippen MR) is 133 cm³/mol. The van der Waals surface area contributed by atoms with Crippen LogP contribution in [0.15, 0.2) is 29.2 Å². The number of carbonyl (C=O) groups excluding carboxylic acids is 1. The highest BCUT2D eigenvalue weighted by atomic mass is 32.2. The van der Waals surface area contributed by atoms with Crippen molar-refractivity contribution in [2.45, 2.75) is 70.2 Å². The van der Waals surface area contributed by atoms with Gasteiger partial charge in [0.25, 0.3) is 0 Å². The highest BCUT2D eigenvalue weighted by Crippen LogP contribution is 2.57. The van der Waals surface area contributed by atoms with Gasteiger partial charge in [-0.25, -0.2) is 17.9 Å². The second-order valence-corrected chi connectivity index (χ2v) is 11.5. The van der Waals surface area contributed by atoms with Gasteiger partial charge < -0.3 is 9.30 Å². The summed E-state index contributed by atoms with van der Waals surface area (Å²) in [4.78, 5) is 16.0. The molecule has 1 aromatic carbocycles. The van der Waals surface area contributed by atoms with Crippen LogP contribution in [0.3, 0.4) is 0 Å². The monoisotopic (exact) mass is 485 g/mol. The first kappa shape index (κ1) is 23.6. The first-order chi connectivity index (χ1) is 16.4. The summed E-state index contributed by atoms with van der Waals surface area (Å²) in [6.45, 7) is 8.83. The van der Waals surface area contributed by atoms with Crippen molar-refractivity contribution < 1.29 is 17.9 Å². The van der Waals surface area contributed by atoms with E-state index >= 15 is 0 Å². The zero-order valence-electron chi connectivity index (χ0n) is 20.4. The van der Waals surface area contributed by atoms with Crippen molar-refractivity contribution in [1.82, 2.24) is 14.2 Å². The Morgan fingerprint density at radius 2 is 2.06 bits per heavy atom. The molecule has 0 bridgehead atoms. The molecule has 1 aromatic heterocycles. The van der Waals surface area contributed by atoms with Crippen LogP contribution >= 0.6 is 0 Å². The maximum Gasteiger partial charge on any atom is 0.354 e. The molecule has 3 aliphatic rings. The van der Waals surface area contributed by atoms with Crippen molar-refractivity contribution in [3.63, 3.8) is 0 Å². The Morgan fingerprint density at radius 1 is 1.24 bits per heavy atom. The predicted octanol–water partition coefficient (Wildman–Crippen LogP) is 4.23. The molecule has 2 atom stereocenters. The number of unbranched alkanes of at least 4 members (excludes halogenated alkanes) is 1. The highest BCUT2D eigenvalue weighted by Gasteiger charge is 2.51. The number of piperidine rings is 1. The van der Waals surface area contributed by atoms with Gasteiger partial charge in [0.2, 0.25) is 10.0 Å². The molecule has 0 aliphatic carbocycles. The summed E-state index contributed by atoms with van der Waals surface area (Å²) in [5, 5.41) is 0.931. The fourth-order valence-electron chi connectivity index (χ4n) is 6.30. The van der Waals surface area contributed by atoms with Crippen LogP contribution in [-0.2, 0) is 26.0 Å². The quantitative estimate of drug-likeness (QED) is 0.447. The molecular formula is C26H35N3O4S. The standard InChI is InChI=1S/C26H35N3O4S/c1-4-7-13-27-34(31,32)18-9-10-21-20(16-18)19-11-15-28-14-8-12-26(5-2)17-22(25(30)33-6-3)29(21)23(19)24(26)28/h9-10,16-17,24,27H,4-8,11-15H2,1-3H3/t24-,26+/m1/s1. The van der Waals surface area contributed by atoms with Crippen molar-refractivity contribution in [3.05, 3.63) is 35.5 Å². The highest BCUT2D eigenvalue weighted by molar-refractivity contribution is 7.89. The molecule has 5 rings (SSSR count). The molecule has 1 saturated heterocycles. The van der Waals surface area contributed by atoms with Gasteiger partial charge in [-0.2, -0.15) is 0 Å². The molecule has 184 valence electrons. The molecule has 7 nitrogen and oxygen atoms in total. The Labute approximate surface area is 202 Å². The number of fused-ring (bicyclic) bond motifs is 3. The van der Waals surface area contributed by atoms with E-state index < -0.39 is 10.0 Å². The number of benzene rings is 1. The first-order valence-corrected chi connectivity index (χ1v) is 14.2. The van der Waals surface area contributed by atoms with Crippen LogP contribution in [0, 0.1) is 5.41 Å². The Kier molecular flexibility index (Phi) is 6.11. The second-order valence-electron chi connectivity index (χ2n) is 9.76. The minimum Gasteiger partial charge on any atom is -0.461 e. The summed E-state index contributed by atoms with van der Waals surface area (Å²) in [5.41, 5.74) is 3.68. The summed E-state index contributed by atoms with van der Waals surface area (Å²) in [5.74, 6) is -0.311. The van der Waals surface area contributed by atoms with E-state index in [1.165, 1.54) is 5.56 Å². The number of nitrogens with zero attached hydrogens (tertiary/aromatic N) is 2. The van der Waals surface area contributed by atoms with Crippen LogP contribution in [0.5, 0.6) is 0 Å². The summed E-state index contributed by atoms with van der Waals surface area (Å²) in [7, 11) is -3.59. The van der Waals surface area contributed by atoms with Gasteiger partial charge >= 0.3 is 5.97 Å². The van der Waals surface area contributed by atoms with E-state index in [4.69, 9.17) is 4.74 Å². The lowest BCUT2D eigenvalue weighted by Gasteiger charge is -2.53. The number of carbonyl (C=O) groups is 1. The minimum atomic E-state index is -3.59. The maximum absolute atomic E-state index is 13.2. The zero-order valence-corrected chi connectivity index (χ0v) is 21.2. The molecular weight excluding hydrogens is 450 g/mol. The molecule has 8 heteroatoms. The molecule has 0 unspecified atom stereocenters. The van der Waals surface area contributed by atoms with Crippen LogP contribution in [0.2, 0.25) is 0 Å². The Hall–Kier alpha value is -2.16. The summed E-state index contributed by atoms with van der Waals surface area (Å²) >= 11 is 0. The smallest absolute Gasteiger partial charge is 0.354 e. The number of hydrogen-bond acceptors (Lipinski definition) is 5. The third-order valence-corrected chi connectivity index (χ3v) is 9.39. The first-order valence-electron chi connectivity index (χ1n) is 12.7. The molecule has 0 radical (unpaired) electrons. The lowest BCUT2D eigenvalue weighted by molar-refractivity contribution is -0.136. The van der Waals surface area contributed by atoms with E-state index in [0.29, 0.717) is 18.8 Å². The van der Waals surface area contributed by atoms with Crippen molar-refractivity contribution in [3.8, 4) is 0 Å². The Morgan fingerprint density at radius 3 is 2.79 bits per heavy atom. The molecule has 4 heterocycles. The number of nitrogens with one attached hydrogen (secondary N) is 1. The zero-order chi connectivity index (χ0) is 24.1. The topological polar surface area (TPSA) is 80.6 Å². The fourth-order valence-corrected chi connectivity index (χ4v) is 7.40. The minimum absolute atomic E-state index is 0.115. The van der Waals surface area contributed by atoms with Crippen molar-refractivity contribution >= 4 is 32.6 Å². The molecule has 0 saturated carbocycles. The number of esters is 1.